The number of hydrogen-bond donors (Lipinski definition) is 1. The maximum atomic E-state index is 12.0. The molecule has 0 aliphatic carbocycles. The third-order valence-corrected chi connectivity index (χ3v) is 4.57. The SMILES string of the molecule is N#CCc1cccc(C(=O)NCC[S@](=O)Cc2ccccc2)c1. The summed E-state index contributed by atoms with van der Waals surface area (Å²) in [6.45, 7) is 0.362. The van der Waals surface area contributed by atoms with E-state index in [2.05, 4.69) is 11.4 Å². The lowest BCUT2D eigenvalue weighted by molar-refractivity contribution is 0.0956. The molecule has 0 heterocycles. The molecule has 2 aromatic carbocycles. The molecular weight excluding hydrogens is 308 g/mol. The zero-order chi connectivity index (χ0) is 16.5. The number of rotatable bonds is 7. The number of benzene rings is 2. The molecule has 0 radical (unpaired) electrons. The summed E-state index contributed by atoms with van der Waals surface area (Å²) in [7, 11) is -1.01. The highest BCUT2D eigenvalue weighted by molar-refractivity contribution is 7.84. The standard InChI is InChI=1S/C18H18N2O2S/c19-10-9-15-7-4-8-17(13-15)18(21)20-11-12-23(22)14-16-5-2-1-3-6-16/h1-8,13H,9,11-12,14H2,(H,20,21)/t23-/m0/s1. The van der Waals surface area contributed by atoms with Gasteiger partial charge >= 0.3 is 0 Å². The van der Waals surface area contributed by atoms with Crippen LogP contribution >= 0.6 is 0 Å². The van der Waals surface area contributed by atoms with Crippen molar-refractivity contribution < 1.29 is 9.00 Å². The molecule has 4 nitrogen and oxygen atoms in total. The molecule has 0 saturated heterocycles. The normalized spacial score (nSPS) is 11.4. The van der Waals surface area contributed by atoms with Crippen molar-refractivity contribution in [2.75, 3.05) is 12.3 Å². The Bertz CT molecular complexity index is 723. The predicted octanol–water partition coefficient (Wildman–Crippen LogP) is 2.43. The van der Waals surface area contributed by atoms with Gasteiger partial charge in [-0.1, -0.05) is 42.5 Å². The molecule has 1 amide bonds. The number of amides is 1. The van der Waals surface area contributed by atoms with Crippen molar-refractivity contribution in [1.82, 2.24) is 5.32 Å². The molecule has 2 aromatic rings. The lowest BCUT2D eigenvalue weighted by Gasteiger charge is -2.06. The van der Waals surface area contributed by atoms with E-state index >= 15 is 0 Å². The highest BCUT2D eigenvalue weighted by atomic mass is 32.2. The van der Waals surface area contributed by atoms with E-state index in [-0.39, 0.29) is 12.3 Å². The van der Waals surface area contributed by atoms with Gasteiger partial charge in [0.25, 0.3) is 5.91 Å². The van der Waals surface area contributed by atoms with Crippen molar-refractivity contribution in [2.24, 2.45) is 0 Å². The quantitative estimate of drug-likeness (QED) is 0.849. The predicted molar refractivity (Wildman–Crippen MR) is 91.2 cm³/mol. The van der Waals surface area contributed by atoms with Crippen LogP contribution in [0.2, 0.25) is 0 Å². The second kappa shape index (κ2) is 8.86. The van der Waals surface area contributed by atoms with Gasteiger partial charge in [-0.05, 0) is 23.3 Å². The Morgan fingerprint density at radius 3 is 2.57 bits per heavy atom. The maximum Gasteiger partial charge on any atom is 0.251 e. The Morgan fingerprint density at radius 1 is 1.09 bits per heavy atom. The lowest BCUT2D eigenvalue weighted by atomic mass is 10.1. The Hall–Kier alpha value is -2.45. The van der Waals surface area contributed by atoms with Crippen LogP contribution in [0.25, 0.3) is 0 Å². The zero-order valence-corrected chi connectivity index (χ0v) is 13.5. The number of carbonyl (C=O) groups is 1. The average molecular weight is 326 g/mol. The molecule has 0 aliphatic heterocycles. The van der Waals surface area contributed by atoms with Crippen LogP contribution in [0.15, 0.2) is 54.6 Å². The molecule has 118 valence electrons. The van der Waals surface area contributed by atoms with Crippen LogP contribution in [0, 0.1) is 11.3 Å². The van der Waals surface area contributed by atoms with Gasteiger partial charge in [0.05, 0.1) is 12.5 Å². The average Bonchev–Trinajstić information content (AvgIpc) is 2.56. The molecular formula is C18H18N2O2S. The minimum absolute atomic E-state index is 0.207. The molecule has 0 unspecified atom stereocenters. The van der Waals surface area contributed by atoms with Crippen LogP contribution in [0.3, 0.4) is 0 Å². The molecule has 0 fully saturated rings. The molecule has 5 heteroatoms. The number of nitriles is 1. The third kappa shape index (κ3) is 5.68. The molecule has 0 spiro atoms. The topological polar surface area (TPSA) is 70.0 Å². The number of hydrogen-bond acceptors (Lipinski definition) is 3. The van der Waals surface area contributed by atoms with Crippen LogP contribution in [-0.4, -0.2) is 22.4 Å². The second-order valence-corrected chi connectivity index (χ2v) is 6.64. The first kappa shape index (κ1) is 16.9. The van der Waals surface area contributed by atoms with Crippen molar-refractivity contribution in [3.05, 3.63) is 71.3 Å². The summed E-state index contributed by atoms with van der Waals surface area (Å²) in [4.78, 5) is 12.0. The van der Waals surface area contributed by atoms with Gasteiger partial charge in [-0.3, -0.25) is 9.00 Å². The molecule has 0 bridgehead atoms. The summed E-state index contributed by atoms with van der Waals surface area (Å²) in [6, 6.07) is 18.7. The van der Waals surface area contributed by atoms with E-state index in [0.717, 1.165) is 11.1 Å². The summed E-state index contributed by atoms with van der Waals surface area (Å²) < 4.78 is 12.0. The second-order valence-electron chi connectivity index (χ2n) is 5.07. The fourth-order valence-corrected chi connectivity index (χ4v) is 3.16. The molecule has 0 aliphatic rings. The third-order valence-electron chi connectivity index (χ3n) is 3.26. The number of carbonyl (C=O) groups excluding carboxylic acids is 1. The Labute approximate surface area is 138 Å². The van der Waals surface area contributed by atoms with Crippen LogP contribution in [0.5, 0.6) is 0 Å². The molecule has 1 atom stereocenters. The Kier molecular flexibility index (Phi) is 6.52. The van der Waals surface area contributed by atoms with Crippen molar-refractivity contribution in [3.63, 3.8) is 0 Å². The van der Waals surface area contributed by atoms with Crippen molar-refractivity contribution in [1.29, 1.82) is 5.26 Å². The van der Waals surface area contributed by atoms with Gasteiger partial charge in [0.2, 0.25) is 0 Å². The van der Waals surface area contributed by atoms with Gasteiger partial charge in [0.1, 0.15) is 0 Å². The number of nitrogens with one attached hydrogen (secondary N) is 1. The van der Waals surface area contributed by atoms with Crippen LogP contribution in [-0.2, 0) is 23.0 Å². The van der Waals surface area contributed by atoms with E-state index in [1.807, 2.05) is 36.4 Å². The summed E-state index contributed by atoms with van der Waals surface area (Å²) in [5, 5.41) is 11.5. The Morgan fingerprint density at radius 2 is 1.83 bits per heavy atom. The molecule has 0 saturated carbocycles. The van der Waals surface area contributed by atoms with E-state index in [1.165, 1.54) is 0 Å². The highest BCUT2D eigenvalue weighted by Crippen LogP contribution is 2.06. The van der Waals surface area contributed by atoms with Gasteiger partial charge in [-0.25, -0.2) is 0 Å². The first-order chi connectivity index (χ1) is 11.2. The van der Waals surface area contributed by atoms with Crippen LogP contribution in [0.4, 0.5) is 0 Å². The molecule has 23 heavy (non-hydrogen) atoms. The van der Waals surface area contributed by atoms with E-state index in [0.29, 0.717) is 23.6 Å². The maximum absolute atomic E-state index is 12.0. The first-order valence-electron chi connectivity index (χ1n) is 7.32. The summed E-state index contributed by atoms with van der Waals surface area (Å²) in [5.74, 6) is 0.703. The zero-order valence-electron chi connectivity index (χ0n) is 12.7. The van der Waals surface area contributed by atoms with E-state index in [1.54, 1.807) is 18.2 Å². The lowest BCUT2D eigenvalue weighted by Crippen LogP contribution is -2.28. The van der Waals surface area contributed by atoms with Gasteiger partial charge in [-0.15, -0.1) is 0 Å². The van der Waals surface area contributed by atoms with E-state index in [4.69, 9.17) is 5.26 Å². The molecule has 0 aromatic heterocycles. The van der Waals surface area contributed by atoms with Gasteiger partial charge in [0, 0.05) is 34.4 Å². The number of nitrogens with zero attached hydrogens (tertiary/aromatic N) is 1. The van der Waals surface area contributed by atoms with Crippen molar-refractivity contribution in [3.8, 4) is 6.07 Å². The smallest absolute Gasteiger partial charge is 0.251 e. The summed E-state index contributed by atoms with van der Waals surface area (Å²) in [6.07, 6.45) is 0.280. The fourth-order valence-electron chi connectivity index (χ4n) is 2.13. The van der Waals surface area contributed by atoms with Gasteiger partial charge < -0.3 is 5.32 Å². The first-order valence-corrected chi connectivity index (χ1v) is 8.81. The van der Waals surface area contributed by atoms with Crippen molar-refractivity contribution >= 4 is 16.7 Å². The molecule has 1 N–H and O–H groups in total. The van der Waals surface area contributed by atoms with Gasteiger partial charge in [-0.2, -0.15) is 5.26 Å². The van der Waals surface area contributed by atoms with E-state index < -0.39 is 10.8 Å². The van der Waals surface area contributed by atoms with Crippen molar-refractivity contribution in [2.45, 2.75) is 12.2 Å². The minimum Gasteiger partial charge on any atom is -0.351 e. The molecule has 2 rings (SSSR count). The largest absolute Gasteiger partial charge is 0.351 e. The van der Waals surface area contributed by atoms with Crippen LogP contribution in [0.1, 0.15) is 21.5 Å². The Balaban J connectivity index is 1.79. The van der Waals surface area contributed by atoms with Gasteiger partial charge in [0.15, 0.2) is 0 Å². The fraction of sp³-hybridized carbons (Fsp3) is 0.222. The monoisotopic (exact) mass is 326 g/mol. The van der Waals surface area contributed by atoms with E-state index in [9.17, 15) is 9.00 Å². The summed E-state index contributed by atoms with van der Waals surface area (Å²) >= 11 is 0. The highest BCUT2D eigenvalue weighted by Gasteiger charge is 2.07. The summed E-state index contributed by atoms with van der Waals surface area (Å²) in [5.41, 5.74) is 2.36. The minimum atomic E-state index is -1.01. The van der Waals surface area contributed by atoms with Crippen LogP contribution < -0.4 is 5.32 Å².